The van der Waals surface area contributed by atoms with Gasteiger partial charge in [-0.2, -0.15) is 0 Å². The van der Waals surface area contributed by atoms with E-state index in [0.29, 0.717) is 6.07 Å². The second kappa shape index (κ2) is 4.40. The normalized spacial score (nSPS) is 11.9. The largest absolute Gasteiger partial charge is 0.573 e. The SMILES string of the molecule is Nc1nc(Br)c(OC(F)(F)F)cc1C(F)F. The van der Waals surface area contributed by atoms with Crippen LogP contribution in [0.2, 0.25) is 0 Å². The minimum atomic E-state index is -4.99. The number of aromatic nitrogens is 1. The van der Waals surface area contributed by atoms with Crippen LogP contribution in [-0.4, -0.2) is 11.3 Å². The van der Waals surface area contributed by atoms with Crippen LogP contribution in [0.3, 0.4) is 0 Å². The molecule has 0 saturated carbocycles. The zero-order valence-electron chi connectivity index (χ0n) is 7.36. The molecular formula is C7H4BrF5N2O. The Kier molecular flexibility index (Phi) is 3.56. The summed E-state index contributed by atoms with van der Waals surface area (Å²) in [5, 5.41) is 0. The minimum absolute atomic E-state index is 0.397. The molecule has 9 heteroatoms. The van der Waals surface area contributed by atoms with E-state index in [4.69, 9.17) is 5.73 Å². The third-order valence-corrected chi connectivity index (χ3v) is 2.03. The molecule has 0 atom stereocenters. The van der Waals surface area contributed by atoms with E-state index < -0.39 is 34.5 Å². The molecule has 0 spiro atoms. The number of nitrogens with zero attached hydrogens (tertiary/aromatic N) is 1. The number of pyridine rings is 1. The van der Waals surface area contributed by atoms with E-state index in [2.05, 4.69) is 25.7 Å². The Morgan fingerprint density at radius 2 is 1.94 bits per heavy atom. The molecular weight excluding hydrogens is 303 g/mol. The predicted molar refractivity (Wildman–Crippen MR) is 48.0 cm³/mol. The van der Waals surface area contributed by atoms with Crippen molar-refractivity contribution in [2.24, 2.45) is 0 Å². The number of nitrogen functional groups attached to an aromatic ring is 1. The van der Waals surface area contributed by atoms with Crippen molar-refractivity contribution in [1.29, 1.82) is 0 Å². The summed E-state index contributed by atoms with van der Waals surface area (Å²) in [4.78, 5) is 3.27. The molecule has 1 aromatic rings. The second-order valence-corrected chi connectivity index (χ2v) is 3.35. The Morgan fingerprint density at radius 3 is 2.38 bits per heavy atom. The number of alkyl halides is 5. The van der Waals surface area contributed by atoms with Crippen LogP contribution in [0.1, 0.15) is 12.0 Å². The van der Waals surface area contributed by atoms with Gasteiger partial charge < -0.3 is 10.5 Å². The van der Waals surface area contributed by atoms with Crippen molar-refractivity contribution in [3.8, 4) is 5.75 Å². The molecule has 0 aliphatic rings. The van der Waals surface area contributed by atoms with Crippen molar-refractivity contribution in [2.45, 2.75) is 12.8 Å². The Morgan fingerprint density at radius 1 is 1.38 bits per heavy atom. The number of anilines is 1. The Hall–Kier alpha value is -1.12. The van der Waals surface area contributed by atoms with Crippen molar-refractivity contribution >= 4 is 21.7 Å². The zero-order valence-corrected chi connectivity index (χ0v) is 8.94. The highest BCUT2D eigenvalue weighted by atomic mass is 79.9. The van der Waals surface area contributed by atoms with Crippen LogP contribution in [0.5, 0.6) is 5.75 Å². The lowest BCUT2D eigenvalue weighted by Crippen LogP contribution is -2.18. The fourth-order valence-electron chi connectivity index (χ4n) is 0.871. The summed E-state index contributed by atoms with van der Waals surface area (Å²) in [6.45, 7) is 0. The average Bonchev–Trinajstić information content (AvgIpc) is 2.07. The lowest BCUT2D eigenvalue weighted by atomic mass is 10.2. The summed E-state index contributed by atoms with van der Waals surface area (Å²) in [6, 6.07) is 0.491. The van der Waals surface area contributed by atoms with Crippen molar-refractivity contribution in [3.05, 3.63) is 16.2 Å². The first-order valence-corrected chi connectivity index (χ1v) is 4.50. The van der Waals surface area contributed by atoms with E-state index in [9.17, 15) is 22.0 Å². The molecule has 90 valence electrons. The van der Waals surface area contributed by atoms with Gasteiger partial charge in [0.15, 0.2) is 10.4 Å². The number of ether oxygens (including phenoxy) is 1. The summed E-state index contributed by atoms with van der Waals surface area (Å²) in [7, 11) is 0. The average molecular weight is 307 g/mol. The molecule has 1 rings (SSSR count). The first kappa shape index (κ1) is 12.9. The molecule has 0 radical (unpaired) electrons. The molecule has 0 fully saturated rings. The highest BCUT2D eigenvalue weighted by molar-refractivity contribution is 9.10. The molecule has 0 aliphatic heterocycles. The van der Waals surface area contributed by atoms with E-state index >= 15 is 0 Å². The molecule has 0 bridgehead atoms. The van der Waals surface area contributed by atoms with Crippen molar-refractivity contribution in [2.75, 3.05) is 5.73 Å². The molecule has 0 amide bonds. The van der Waals surface area contributed by atoms with Gasteiger partial charge in [0.25, 0.3) is 6.43 Å². The summed E-state index contributed by atoms with van der Waals surface area (Å²) in [5.41, 5.74) is 4.28. The van der Waals surface area contributed by atoms with Crippen LogP contribution in [0.25, 0.3) is 0 Å². The summed E-state index contributed by atoms with van der Waals surface area (Å²) in [6.07, 6.45) is -8.02. The molecule has 3 nitrogen and oxygen atoms in total. The number of hydrogen-bond acceptors (Lipinski definition) is 3. The molecule has 1 aromatic heterocycles. The van der Waals surface area contributed by atoms with Gasteiger partial charge in [-0.1, -0.05) is 0 Å². The third kappa shape index (κ3) is 3.19. The first-order chi connectivity index (χ1) is 7.20. The summed E-state index contributed by atoms with van der Waals surface area (Å²) in [5.74, 6) is -1.42. The number of halogens is 6. The molecule has 0 unspecified atom stereocenters. The third-order valence-electron chi connectivity index (χ3n) is 1.47. The van der Waals surface area contributed by atoms with E-state index in [-0.39, 0.29) is 0 Å². The van der Waals surface area contributed by atoms with Crippen LogP contribution < -0.4 is 10.5 Å². The van der Waals surface area contributed by atoms with Gasteiger partial charge in [0.2, 0.25) is 0 Å². The Bertz CT molecular complexity index is 395. The maximum absolute atomic E-state index is 12.3. The van der Waals surface area contributed by atoms with Crippen LogP contribution in [0, 0.1) is 0 Å². The molecule has 16 heavy (non-hydrogen) atoms. The van der Waals surface area contributed by atoms with Gasteiger partial charge in [0.1, 0.15) is 5.82 Å². The fourth-order valence-corrected chi connectivity index (χ4v) is 1.26. The van der Waals surface area contributed by atoms with Gasteiger partial charge in [-0.25, -0.2) is 13.8 Å². The van der Waals surface area contributed by atoms with Crippen LogP contribution in [0.4, 0.5) is 27.8 Å². The van der Waals surface area contributed by atoms with Gasteiger partial charge in [0.05, 0.1) is 5.56 Å². The van der Waals surface area contributed by atoms with Gasteiger partial charge in [-0.3, -0.25) is 0 Å². The fraction of sp³-hybridized carbons (Fsp3) is 0.286. The van der Waals surface area contributed by atoms with Gasteiger partial charge in [-0.15, -0.1) is 13.2 Å². The number of nitrogens with two attached hydrogens (primary N) is 1. The minimum Gasteiger partial charge on any atom is -0.403 e. The molecule has 1 heterocycles. The van der Waals surface area contributed by atoms with Crippen molar-refractivity contribution in [3.63, 3.8) is 0 Å². The molecule has 0 saturated heterocycles. The van der Waals surface area contributed by atoms with Crippen molar-refractivity contribution < 1.29 is 26.7 Å². The monoisotopic (exact) mass is 306 g/mol. The van der Waals surface area contributed by atoms with Crippen LogP contribution >= 0.6 is 15.9 Å². The number of hydrogen-bond donors (Lipinski definition) is 1. The number of rotatable bonds is 2. The highest BCUT2D eigenvalue weighted by Gasteiger charge is 2.33. The van der Waals surface area contributed by atoms with Gasteiger partial charge >= 0.3 is 6.36 Å². The Labute approximate surface area is 94.5 Å². The smallest absolute Gasteiger partial charge is 0.403 e. The highest BCUT2D eigenvalue weighted by Crippen LogP contribution is 2.35. The van der Waals surface area contributed by atoms with Crippen LogP contribution in [0.15, 0.2) is 10.7 Å². The summed E-state index contributed by atoms with van der Waals surface area (Å²) < 4.78 is 63.3. The van der Waals surface area contributed by atoms with Crippen LogP contribution in [-0.2, 0) is 0 Å². The molecule has 2 N–H and O–H groups in total. The van der Waals surface area contributed by atoms with Crippen molar-refractivity contribution in [1.82, 2.24) is 4.98 Å². The maximum atomic E-state index is 12.3. The first-order valence-electron chi connectivity index (χ1n) is 3.70. The van der Waals surface area contributed by atoms with E-state index in [1.165, 1.54) is 0 Å². The maximum Gasteiger partial charge on any atom is 0.573 e. The van der Waals surface area contributed by atoms with E-state index in [0.717, 1.165) is 0 Å². The summed E-state index contributed by atoms with van der Waals surface area (Å²) >= 11 is 2.62. The topological polar surface area (TPSA) is 48.1 Å². The zero-order chi connectivity index (χ0) is 12.5. The van der Waals surface area contributed by atoms with Gasteiger partial charge in [-0.05, 0) is 22.0 Å². The van der Waals surface area contributed by atoms with E-state index in [1.807, 2.05) is 0 Å². The quantitative estimate of drug-likeness (QED) is 0.674. The lowest BCUT2D eigenvalue weighted by molar-refractivity contribution is -0.275. The Balaban J connectivity index is 3.15. The van der Waals surface area contributed by atoms with E-state index in [1.54, 1.807) is 0 Å². The predicted octanol–water partition coefficient (Wildman–Crippen LogP) is 3.26. The van der Waals surface area contributed by atoms with Gasteiger partial charge in [0, 0.05) is 0 Å². The second-order valence-electron chi connectivity index (χ2n) is 2.60. The molecule has 0 aromatic carbocycles. The molecule has 0 aliphatic carbocycles. The lowest BCUT2D eigenvalue weighted by Gasteiger charge is -2.12. The standard InChI is InChI=1S/C7H4BrF5N2O/c8-4-3(16-7(11,12)13)1-2(5(9)10)6(14)15-4/h1,5H,(H2,14,15).